The van der Waals surface area contributed by atoms with Gasteiger partial charge >= 0.3 is 0 Å². The fourth-order valence-electron chi connectivity index (χ4n) is 5.48. The molecule has 1 aromatic heterocycles. The van der Waals surface area contributed by atoms with E-state index in [1.807, 2.05) is 6.20 Å². The van der Waals surface area contributed by atoms with Crippen molar-refractivity contribution < 1.29 is 14.3 Å². The highest BCUT2D eigenvalue weighted by Gasteiger charge is 2.27. The third-order valence-electron chi connectivity index (χ3n) is 7.71. The van der Waals surface area contributed by atoms with E-state index < -0.39 is 0 Å². The number of ketones is 1. The molecule has 0 N–H and O–H groups in total. The molecule has 0 atom stereocenters. The van der Waals surface area contributed by atoms with E-state index in [0.29, 0.717) is 25.2 Å². The highest BCUT2D eigenvalue weighted by Crippen LogP contribution is 2.35. The minimum Gasteiger partial charge on any atom is -0.489 e. The first-order chi connectivity index (χ1) is 16.0. The van der Waals surface area contributed by atoms with Crippen molar-refractivity contribution in [3.05, 3.63) is 17.8 Å². The van der Waals surface area contributed by atoms with Crippen molar-refractivity contribution in [2.75, 3.05) is 58.3 Å². The summed E-state index contributed by atoms with van der Waals surface area (Å²) in [5.41, 5.74) is 1.29. The molecule has 3 aliphatic rings. The van der Waals surface area contributed by atoms with Crippen LogP contribution in [-0.4, -0.2) is 79.9 Å². The Bertz CT molecular complexity index is 812. The van der Waals surface area contributed by atoms with E-state index in [4.69, 9.17) is 4.74 Å². The number of rotatable bonds is 9. The van der Waals surface area contributed by atoms with Gasteiger partial charge in [0.15, 0.2) is 11.6 Å². The molecule has 1 amide bonds. The predicted octanol–water partition coefficient (Wildman–Crippen LogP) is 3.16. The van der Waals surface area contributed by atoms with Gasteiger partial charge in [0, 0.05) is 77.7 Å². The van der Waals surface area contributed by atoms with E-state index in [1.165, 1.54) is 31.4 Å². The number of hydrogen-bond acceptors (Lipinski definition) is 6. The molecular formula is C26H40N4O3. The number of hydrogen-bond donors (Lipinski definition) is 0. The third kappa shape index (κ3) is 6.46. The molecule has 1 aromatic rings. The van der Waals surface area contributed by atoms with Gasteiger partial charge in [0.25, 0.3) is 0 Å². The average Bonchev–Trinajstić information content (AvgIpc) is 3.31. The lowest BCUT2D eigenvalue weighted by Crippen LogP contribution is -2.47. The molecule has 0 radical (unpaired) electrons. The maximum absolute atomic E-state index is 12.2. The lowest BCUT2D eigenvalue weighted by Gasteiger charge is -2.37. The molecule has 1 aliphatic carbocycles. The standard InChI is InChI=1S/C26H40N4O3/c1-28(2)24(32)8-7-23(31)19-21-5-3-20(4-6-21)10-13-29-14-16-30(17-15-29)26-25-22(9-12-27-26)11-18-33-25/h9,12,20-21H,3-8,10-11,13-19H2,1-2H3. The average molecular weight is 457 g/mol. The molecule has 182 valence electrons. The first-order valence-electron chi connectivity index (χ1n) is 12.8. The van der Waals surface area contributed by atoms with Gasteiger partial charge < -0.3 is 14.5 Å². The summed E-state index contributed by atoms with van der Waals surface area (Å²) < 4.78 is 5.85. The van der Waals surface area contributed by atoms with Crippen molar-refractivity contribution in [2.24, 2.45) is 11.8 Å². The van der Waals surface area contributed by atoms with Crippen LogP contribution in [0.3, 0.4) is 0 Å². The van der Waals surface area contributed by atoms with E-state index in [2.05, 4.69) is 20.9 Å². The van der Waals surface area contributed by atoms with Crippen molar-refractivity contribution in [3.63, 3.8) is 0 Å². The van der Waals surface area contributed by atoms with Crippen molar-refractivity contribution in [2.45, 2.75) is 57.8 Å². The maximum atomic E-state index is 12.2. The van der Waals surface area contributed by atoms with Gasteiger partial charge in [-0.05, 0) is 43.7 Å². The molecule has 33 heavy (non-hydrogen) atoms. The molecule has 1 saturated heterocycles. The molecule has 0 spiro atoms. The smallest absolute Gasteiger partial charge is 0.222 e. The molecule has 0 unspecified atom stereocenters. The Hall–Kier alpha value is -2.15. The first-order valence-corrected chi connectivity index (χ1v) is 12.8. The van der Waals surface area contributed by atoms with Crippen LogP contribution < -0.4 is 9.64 Å². The Labute approximate surface area is 198 Å². The molecule has 0 bridgehead atoms. The summed E-state index contributed by atoms with van der Waals surface area (Å²) in [5, 5.41) is 0. The van der Waals surface area contributed by atoms with Crippen LogP contribution in [0.2, 0.25) is 0 Å². The van der Waals surface area contributed by atoms with Crippen LogP contribution in [0.15, 0.2) is 12.3 Å². The van der Waals surface area contributed by atoms with E-state index in [1.54, 1.807) is 19.0 Å². The maximum Gasteiger partial charge on any atom is 0.222 e. The second kappa shape index (κ2) is 11.3. The zero-order valence-electron chi connectivity index (χ0n) is 20.4. The third-order valence-corrected chi connectivity index (χ3v) is 7.71. The summed E-state index contributed by atoms with van der Waals surface area (Å²) in [6, 6.07) is 2.08. The van der Waals surface area contributed by atoms with Gasteiger partial charge in [-0.3, -0.25) is 14.5 Å². The molecule has 4 rings (SSSR count). The Morgan fingerprint density at radius 3 is 2.52 bits per heavy atom. The van der Waals surface area contributed by atoms with E-state index >= 15 is 0 Å². The Morgan fingerprint density at radius 1 is 1.06 bits per heavy atom. The Morgan fingerprint density at radius 2 is 1.79 bits per heavy atom. The fourth-order valence-corrected chi connectivity index (χ4v) is 5.48. The number of carbonyl (C=O) groups is 2. The van der Waals surface area contributed by atoms with Crippen LogP contribution in [-0.2, 0) is 16.0 Å². The first kappa shape index (κ1) is 24.0. The van der Waals surface area contributed by atoms with Gasteiger partial charge in [0.05, 0.1) is 6.61 Å². The molecular weight excluding hydrogens is 416 g/mol. The predicted molar refractivity (Wildman–Crippen MR) is 130 cm³/mol. The zero-order valence-corrected chi connectivity index (χ0v) is 20.4. The molecule has 7 heteroatoms. The lowest BCUT2D eigenvalue weighted by molar-refractivity contribution is -0.131. The number of Topliss-reactive ketones (excluding diaryl/α,β-unsaturated/α-hetero) is 1. The number of anilines is 1. The number of fused-ring (bicyclic) bond motifs is 1. The van der Waals surface area contributed by atoms with Crippen LogP contribution in [0, 0.1) is 11.8 Å². The number of pyridine rings is 1. The Balaban J connectivity index is 1.11. The summed E-state index contributed by atoms with van der Waals surface area (Å²) in [6.07, 6.45) is 10.4. The summed E-state index contributed by atoms with van der Waals surface area (Å²) in [5.74, 6) is 3.65. The topological polar surface area (TPSA) is 66.0 Å². The molecule has 2 fully saturated rings. The molecule has 3 heterocycles. The number of piperazine rings is 1. The molecule has 0 aromatic carbocycles. The van der Waals surface area contributed by atoms with Crippen LogP contribution in [0.1, 0.15) is 56.9 Å². The number of aromatic nitrogens is 1. The minimum atomic E-state index is 0.0464. The quantitative estimate of drug-likeness (QED) is 0.569. The monoisotopic (exact) mass is 456 g/mol. The van der Waals surface area contributed by atoms with Crippen molar-refractivity contribution in [1.29, 1.82) is 0 Å². The minimum absolute atomic E-state index is 0.0464. The van der Waals surface area contributed by atoms with Crippen molar-refractivity contribution in [1.82, 2.24) is 14.8 Å². The zero-order chi connectivity index (χ0) is 23.2. The van der Waals surface area contributed by atoms with Gasteiger partial charge in [-0.15, -0.1) is 0 Å². The normalized spacial score (nSPS) is 23.2. The summed E-state index contributed by atoms with van der Waals surface area (Å²) >= 11 is 0. The largest absolute Gasteiger partial charge is 0.489 e. The highest BCUT2D eigenvalue weighted by molar-refractivity contribution is 5.84. The van der Waals surface area contributed by atoms with Crippen molar-refractivity contribution >= 4 is 17.5 Å². The van der Waals surface area contributed by atoms with E-state index in [0.717, 1.165) is 69.5 Å². The van der Waals surface area contributed by atoms with Gasteiger partial charge in [0.1, 0.15) is 5.78 Å². The number of nitrogens with zero attached hydrogens (tertiary/aromatic N) is 4. The Kier molecular flexibility index (Phi) is 8.23. The second-order valence-electron chi connectivity index (χ2n) is 10.3. The number of carbonyl (C=O) groups excluding carboxylic acids is 2. The lowest BCUT2D eigenvalue weighted by atomic mass is 9.78. The van der Waals surface area contributed by atoms with Gasteiger partial charge in [0.2, 0.25) is 5.91 Å². The van der Waals surface area contributed by atoms with Crippen LogP contribution in [0.5, 0.6) is 5.75 Å². The van der Waals surface area contributed by atoms with E-state index in [-0.39, 0.29) is 11.7 Å². The van der Waals surface area contributed by atoms with E-state index in [9.17, 15) is 9.59 Å². The van der Waals surface area contributed by atoms with Gasteiger partial charge in [-0.1, -0.05) is 12.8 Å². The van der Waals surface area contributed by atoms with Crippen LogP contribution >= 0.6 is 0 Å². The van der Waals surface area contributed by atoms with Crippen LogP contribution in [0.4, 0.5) is 5.82 Å². The van der Waals surface area contributed by atoms with Crippen molar-refractivity contribution in [3.8, 4) is 5.75 Å². The summed E-state index contributed by atoms with van der Waals surface area (Å²) in [4.78, 5) is 35.1. The van der Waals surface area contributed by atoms with Crippen LogP contribution in [0.25, 0.3) is 0 Å². The van der Waals surface area contributed by atoms with Gasteiger partial charge in [-0.2, -0.15) is 0 Å². The second-order valence-corrected chi connectivity index (χ2v) is 10.3. The SMILES string of the molecule is CN(C)C(=O)CCC(=O)CC1CCC(CCN2CCN(c3nccc4c3OCC4)CC2)CC1. The summed E-state index contributed by atoms with van der Waals surface area (Å²) in [7, 11) is 3.49. The highest BCUT2D eigenvalue weighted by atomic mass is 16.5. The molecule has 1 saturated carbocycles. The molecule has 7 nitrogen and oxygen atoms in total. The molecule has 2 aliphatic heterocycles. The fraction of sp³-hybridized carbons (Fsp3) is 0.731. The summed E-state index contributed by atoms with van der Waals surface area (Å²) in [6.45, 7) is 6.14. The number of ether oxygens (including phenoxy) is 1. The number of amides is 1. The van der Waals surface area contributed by atoms with Gasteiger partial charge in [-0.25, -0.2) is 4.98 Å².